The van der Waals surface area contributed by atoms with E-state index in [-0.39, 0.29) is 17.3 Å². The predicted octanol–water partition coefficient (Wildman–Crippen LogP) is 0.0904. The van der Waals surface area contributed by atoms with Crippen LogP contribution in [0.1, 0.15) is 31.1 Å². The molecule has 3 N–H and O–H groups in total. The third kappa shape index (κ3) is 2.21. The molecule has 0 unspecified atom stereocenters. The van der Waals surface area contributed by atoms with E-state index in [1.165, 1.54) is 0 Å². The number of rotatable bonds is 4. The maximum absolute atomic E-state index is 12.1. The van der Waals surface area contributed by atoms with Crippen molar-refractivity contribution in [2.75, 3.05) is 6.54 Å². The summed E-state index contributed by atoms with van der Waals surface area (Å²) in [6, 6.07) is 1.77. The van der Waals surface area contributed by atoms with Crippen LogP contribution in [-0.4, -0.2) is 50.8 Å². The second kappa shape index (κ2) is 4.98. The van der Waals surface area contributed by atoms with Gasteiger partial charge in [0.1, 0.15) is 0 Å². The van der Waals surface area contributed by atoms with Crippen LogP contribution in [0.3, 0.4) is 0 Å². The van der Waals surface area contributed by atoms with E-state index in [1.807, 2.05) is 16.7 Å². The Bertz CT molecular complexity index is 1020. The van der Waals surface area contributed by atoms with Crippen LogP contribution < -0.4 is 10.0 Å². The first kappa shape index (κ1) is 14.3. The molecule has 9 nitrogen and oxygen atoms in total. The minimum Gasteiger partial charge on any atom is -0.345 e. The number of hydrogen-bond donors (Lipinski definition) is 3. The van der Waals surface area contributed by atoms with Crippen molar-refractivity contribution in [2.24, 2.45) is 0 Å². The first-order valence-electron chi connectivity index (χ1n) is 8.03. The Morgan fingerprint density at radius 2 is 2.17 bits per heavy atom. The number of fused-ring (bicyclic) bond motifs is 3. The number of nitrogens with one attached hydrogen (secondary N) is 3. The first-order chi connectivity index (χ1) is 11.6. The highest BCUT2D eigenvalue weighted by Crippen LogP contribution is 2.30. The minimum absolute atomic E-state index is 0.0487. The Kier molecular flexibility index (Phi) is 2.97. The lowest BCUT2D eigenvalue weighted by molar-refractivity contribution is 0.550. The molecule has 3 aromatic heterocycles. The number of H-pyrrole nitrogens is 1. The van der Waals surface area contributed by atoms with E-state index in [1.54, 1.807) is 6.20 Å². The van der Waals surface area contributed by atoms with Gasteiger partial charge < -0.3 is 10.3 Å². The fourth-order valence-corrected chi connectivity index (χ4v) is 4.95. The van der Waals surface area contributed by atoms with Crippen LogP contribution in [0.4, 0.5) is 0 Å². The van der Waals surface area contributed by atoms with Crippen molar-refractivity contribution in [3.05, 3.63) is 24.3 Å². The number of aromatic amines is 1. The molecule has 1 aliphatic carbocycles. The van der Waals surface area contributed by atoms with Gasteiger partial charge in [-0.15, -0.1) is 10.2 Å². The van der Waals surface area contributed by atoms with Gasteiger partial charge in [0.15, 0.2) is 17.1 Å². The molecular formula is C14H17N7O2S. The molecular weight excluding hydrogens is 330 g/mol. The largest absolute Gasteiger partial charge is 0.345 e. The molecule has 0 amide bonds. The molecule has 2 aliphatic rings. The molecule has 5 rings (SSSR count). The fourth-order valence-electron chi connectivity index (χ4n) is 3.35. The zero-order valence-electron chi connectivity index (χ0n) is 12.8. The molecule has 10 heteroatoms. The summed E-state index contributed by atoms with van der Waals surface area (Å²) in [6.07, 6.45) is 5.70. The van der Waals surface area contributed by atoms with Gasteiger partial charge in [-0.25, -0.2) is 18.1 Å². The SMILES string of the molecule is O=S(=O)(N[C@H]1CN[C@@H](c2nnc3cnc4[nH]ccc4n23)C1)C1CC1. The van der Waals surface area contributed by atoms with Crippen molar-refractivity contribution in [1.82, 2.24) is 34.6 Å². The lowest BCUT2D eigenvalue weighted by Gasteiger charge is -2.12. The lowest BCUT2D eigenvalue weighted by atomic mass is 10.2. The highest BCUT2D eigenvalue weighted by Gasteiger charge is 2.39. The second-order valence-electron chi connectivity index (χ2n) is 6.48. The average molecular weight is 347 g/mol. The first-order valence-corrected chi connectivity index (χ1v) is 9.58. The molecule has 0 radical (unpaired) electrons. The fraction of sp³-hybridized carbons (Fsp3) is 0.500. The van der Waals surface area contributed by atoms with Crippen LogP contribution >= 0.6 is 0 Å². The van der Waals surface area contributed by atoms with Crippen molar-refractivity contribution in [3.8, 4) is 0 Å². The van der Waals surface area contributed by atoms with Gasteiger partial charge in [-0.3, -0.25) is 4.40 Å². The Labute approximate surface area is 137 Å². The van der Waals surface area contributed by atoms with Gasteiger partial charge in [0.2, 0.25) is 10.0 Å². The molecule has 1 saturated carbocycles. The van der Waals surface area contributed by atoms with Crippen molar-refractivity contribution in [1.29, 1.82) is 0 Å². The lowest BCUT2D eigenvalue weighted by Crippen LogP contribution is -2.38. The highest BCUT2D eigenvalue weighted by molar-refractivity contribution is 7.90. The van der Waals surface area contributed by atoms with Crippen LogP contribution in [-0.2, 0) is 10.0 Å². The third-order valence-corrected chi connectivity index (χ3v) is 6.71. The maximum Gasteiger partial charge on any atom is 0.214 e. The van der Waals surface area contributed by atoms with Gasteiger partial charge >= 0.3 is 0 Å². The maximum atomic E-state index is 12.1. The van der Waals surface area contributed by atoms with E-state index in [4.69, 9.17) is 0 Å². The molecule has 0 aromatic carbocycles. The van der Waals surface area contributed by atoms with Gasteiger partial charge in [0.05, 0.1) is 23.0 Å². The van der Waals surface area contributed by atoms with Crippen LogP contribution in [0.15, 0.2) is 18.5 Å². The third-order valence-electron chi connectivity index (χ3n) is 4.70. The molecule has 2 atom stereocenters. The molecule has 1 aliphatic heterocycles. The van der Waals surface area contributed by atoms with E-state index < -0.39 is 10.0 Å². The van der Waals surface area contributed by atoms with E-state index in [9.17, 15) is 8.42 Å². The Morgan fingerprint density at radius 1 is 1.29 bits per heavy atom. The van der Waals surface area contributed by atoms with Gasteiger partial charge in [-0.05, 0) is 25.3 Å². The van der Waals surface area contributed by atoms with Gasteiger partial charge in [0, 0.05) is 18.8 Å². The average Bonchev–Trinajstić information content (AvgIpc) is 2.96. The molecule has 24 heavy (non-hydrogen) atoms. The van der Waals surface area contributed by atoms with Crippen molar-refractivity contribution >= 4 is 26.8 Å². The van der Waals surface area contributed by atoms with Crippen molar-refractivity contribution in [3.63, 3.8) is 0 Å². The summed E-state index contributed by atoms with van der Waals surface area (Å²) >= 11 is 0. The summed E-state index contributed by atoms with van der Waals surface area (Å²) < 4.78 is 29.0. The molecule has 2 fully saturated rings. The van der Waals surface area contributed by atoms with Crippen LogP contribution in [0.25, 0.3) is 16.8 Å². The summed E-state index contributed by atoms with van der Waals surface area (Å²) in [5, 5.41) is 11.7. The van der Waals surface area contributed by atoms with E-state index >= 15 is 0 Å². The zero-order valence-corrected chi connectivity index (χ0v) is 13.6. The van der Waals surface area contributed by atoms with Gasteiger partial charge in [0.25, 0.3) is 0 Å². The molecule has 0 spiro atoms. The smallest absolute Gasteiger partial charge is 0.214 e. The summed E-state index contributed by atoms with van der Waals surface area (Å²) in [6.45, 7) is 0.590. The minimum atomic E-state index is -3.18. The number of aromatic nitrogens is 5. The topological polar surface area (TPSA) is 117 Å². The van der Waals surface area contributed by atoms with Gasteiger partial charge in [-0.2, -0.15) is 0 Å². The van der Waals surface area contributed by atoms with Gasteiger partial charge in [-0.1, -0.05) is 0 Å². The Hall–Kier alpha value is -2.04. The zero-order chi connectivity index (χ0) is 16.3. The normalized spacial score (nSPS) is 25.0. The summed E-state index contributed by atoms with van der Waals surface area (Å²) in [7, 11) is -3.18. The van der Waals surface area contributed by atoms with Crippen LogP contribution in [0.2, 0.25) is 0 Å². The predicted molar refractivity (Wildman–Crippen MR) is 86.9 cm³/mol. The quantitative estimate of drug-likeness (QED) is 0.616. The van der Waals surface area contributed by atoms with Crippen molar-refractivity contribution in [2.45, 2.75) is 36.6 Å². The second-order valence-corrected chi connectivity index (χ2v) is 8.47. The molecule has 126 valence electrons. The van der Waals surface area contributed by atoms with E-state index in [0.29, 0.717) is 18.6 Å². The monoisotopic (exact) mass is 347 g/mol. The van der Waals surface area contributed by atoms with E-state index in [2.05, 4.69) is 30.2 Å². The summed E-state index contributed by atoms with van der Waals surface area (Å²) in [5.41, 5.74) is 2.37. The Balaban J connectivity index is 1.45. The molecule has 1 saturated heterocycles. The number of nitrogens with zero attached hydrogens (tertiary/aromatic N) is 4. The van der Waals surface area contributed by atoms with Crippen molar-refractivity contribution < 1.29 is 8.42 Å². The summed E-state index contributed by atoms with van der Waals surface area (Å²) in [4.78, 5) is 7.39. The Morgan fingerprint density at radius 3 is 3.00 bits per heavy atom. The van der Waals surface area contributed by atoms with Crippen LogP contribution in [0, 0.1) is 0 Å². The molecule has 0 bridgehead atoms. The summed E-state index contributed by atoms with van der Waals surface area (Å²) in [5.74, 6) is 0.783. The number of sulfonamides is 1. The van der Waals surface area contributed by atoms with Crippen LogP contribution in [0.5, 0.6) is 0 Å². The number of hydrogen-bond acceptors (Lipinski definition) is 6. The standard InChI is InChI=1S/C14H17N7O2S/c22-24(23,9-1-2-9)20-8-5-10(16-6-8)14-19-18-12-7-17-13-11(21(12)14)3-4-15-13/h3-4,7-10,15-16,20H,1-2,5-6H2/t8-,10-/m1/s1. The molecule has 3 aromatic rings. The molecule has 4 heterocycles. The highest BCUT2D eigenvalue weighted by atomic mass is 32.2. The van der Waals surface area contributed by atoms with E-state index in [0.717, 1.165) is 29.8 Å².